The maximum atomic E-state index is 14.1. The highest BCUT2D eigenvalue weighted by atomic mass is 32.1. The van der Waals surface area contributed by atoms with Crippen molar-refractivity contribution in [3.8, 4) is 10.6 Å². The number of hydrogen-bond acceptors (Lipinski definition) is 5. The van der Waals surface area contributed by atoms with Crippen molar-refractivity contribution in [2.45, 2.75) is 6.04 Å². The van der Waals surface area contributed by atoms with E-state index in [0.717, 1.165) is 38.3 Å². The summed E-state index contributed by atoms with van der Waals surface area (Å²) in [5, 5.41) is 3.68. The molecule has 2 aromatic carbocycles. The van der Waals surface area contributed by atoms with E-state index < -0.39 is 0 Å². The molecule has 0 radical (unpaired) electrons. The zero-order chi connectivity index (χ0) is 20.9. The van der Waals surface area contributed by atoms with Gasteiger partial charge < -0.3 is 10.2 Å². The van der Waals surface area contributed by atoms with E-state index in [1.165, 1.54) is 23.6 Å². The lowest BCUT2D eigenvalue weighted by atomic mass is 10.1. The van der Waals surface area contributed by atoms with Gasteiger partial charge in [0.1, 0.15) is 15.7 Å². The third-order valence-corrected chi connectivity index (χ3v) is 6.41. The Labute approximate surface area is 180 Å². The van der Waals surface area contributed by atoms with Crippen molar-refractivity contribution in [2.24, 2.45) is 0 Å². The molecule has 1 unspecified atom stereocenters. The Kier molecular flexibility index (Phi) is 6.52. The fraction of sp³-hybridized carbons (Fsp3) is 0.304. The lowest BCUT2D eigenvalue weighted by molar-refractivity contribution is 0.0911. The van der Waals surface area contributed by atoms with Crippen LogP contribution in [0.15, 0.2) is 60.8 Å². The number of rotatable bonds is 6. The molecule has 1 saturated heterocycles. The van der Waals surface area contributed by atoms with Crippen molar-refractivity contribution in [1.82, 2.24) is 20.1 Å². The molecule has 1 N–H and O–H groups in total. The van der Waals surface area contributed by atoms with Gasteiger partial charge in [-0.15, -0.1) is 11.3 Å². The van der Waals surface area contributed by atoms with Gasteiger partial charge in [0.25, 0.3) is 5.91 Å². The number of piperazine rings is 1. The lowest BCUT2D eigenvalue weighted by Crippen LogP contribution is -2.47. The molecule has 4 rings (SSSR count). The Morgan fingerprint density at radius 3 is 2.53 bits per heavy atom. The minimum atomic E-state index is -0.337. The third kappa shape index (κ3) is 4.92. The summed E-state index contributed by atoms with van der Waals surface area (Å²) in [6, 6.07) is 16.4. The second-order valence-electron chi connectivity index (χ2n) is 7.55. The summed E-state index contributed by atoms with van der Waals surface area (Å²) in [5.41, 5.74) is 1.49. The third-order valence-electron chi connectivity index (χ3n) is 5.38. The summed E-state index contributed by atoms with van der Waals surface area (Å²) in [4.78, 5) is 22.4. The van der Waals surface area contributed by atoms with Gasteiger partial charge in [0.15, 0.2) is 0 Å². The Bertz CT molecular complexity index is 986. The largest absolute Gasteiger partial charge is 0.343 e. The predicted octanol–water partition coefficient (Wildman–Crippen LogP) is 3.67. The van der Waals surface area contributed by atoms with Gasteiger partial charge in [-0.2, -0.15) is 0 Å². The minimum absolute atomic E-state index is 0.124. The van der Waals surface area contributed by atoms with E-state index in [0.29, 0.717) is 15.4 Å². The summed E-state index contributed by atoms with van der Waals surface area (Å²) >= 11 is 1.21. The summed E-state index contributed by atoms with van der Waals surface area (Å²) < 4.78 is 14.1. The van der Waals surface area contributed by atoms with Crippen molar-refractivity contribution in [1.29, 1.82) is 0 Å². The molecule has 1 fully saturated rings. The molecule has 1 aliphatic heterocycles. The molecule has 0 spiro atoms. The zero-order valence-electron chi connectivity index (χ0n) is 16.9. The molecule has 1 atom stereocenters. The molecule has 156 valence electrons. The summed E-state index contributed by atoms with van der Waals surface area (Å²) in [6.45, 7) is 4.76. The van der Waals surface area contributed by atoms with E-state index in [2.05, 4.69) is 27.1 Å². The van der Waals surface area contributed by atoms with E-state index in [1.807, 2.05) is 30.3 Å². The predicted molar refractivity (Wildman–Crippen MR) is 118 cm³/mol. The van der Waals surface area contributed by atoms with Crippen molar-refractivity contribution in [2.75, 3.05) is 39.8 Å². The van der Waals surface area contributed by atoms with Gasteiger partial charge in [0.05, 0.1) is 12.2 Å². The molecule has 2 heterocycles. The molecule has 7 heteroatoms. The number of aromatic nitrogens is 1. The first kappa shape index (κ1) is 20.7. The van der Waals surface area contributed by atoms with Crippen LogP contribution in [0.3, 0.4) is 0 Å². The maximum Gasteiger partial charge on any atom is 0.263 e. The van der Waals surface area contributed by atoms with E-state index >= 15 is 0 Å². The molecule has 3 aromatic rings. The van der Waals surface area contributed by atoms with Crippen LogP contribution in [0, 0.1) is 5.82 Å². The highest BCUT2D eigenvalue weighted by Gasteiger charge is 2.23. The van der Waals surface area contributed by atoms with Gasteiger partial charge in [-0.3, -0.25) is 9.69 Å². The topological polar surface area (TPSA) is 48.5 Å². The fourth-order valence-electron chi connectivity index (χ4n) is 3.58. The van der Waals surface area contributed by atoms with Crippen molar-refractivity contribution in [3.05, 3.63) is 77.1 Å². The minimum Gasteiger partial charge on any atom is -0.343 e. The fourth-order valence-corrected chi connectivity index (χ4v) is 4.42. The number of halogens is 1. The van der Waals surface area contributed by atoms with Crippen molar-refractivity contribution < 1.29 is 9.18 Å². The Hall–Kier alpha value is -2.61. The first-order chi connectivity index (χ1) is 14.6. The average molecular weight is 425 g/mol. The molecule has 0 saturated carbocycles. The van der Waals surface area contributed by atoms with E-state index in [4.69, 9.17) is 0 Å². The molecule has 1 aliphatic rings. The number of amides is 1. The molecule has 0 aliphatic carbocycles. The maximum absolute atomic E-state index is 14.1. The first-order valence-corrected chi connectivity index (χ1v) is 10.9. The Morgan fingerprint density at radius 2 is 1.80 bits per heavy atom. The van der Waals surface area contributed by atoms with Gasteiger partial charge in [-0.25, -0.2) is 9.37 Å². The van der Waals surface area contributed by atoms with Crippen LogP contribution in [0.4, 0.5) is 4.39 Å². The zero-order valence-corrected chi connectivity index (χ0v) is 17.7. The smallest absolute Gasteiger partial charge is 0.263 e. The van der Waals surface area contributed by atoms with Crippen LogP contribution in [0.5, 0.6) is 0 Å². The van der Waals surface area contributed by atoms with Crippen LogP contribution in [-0.4, -0.2) is 60.5 Å². The summed E-state index contributed by atoms with van der Waals surface area (Å²) in [7, 11) is 2.13. The van der Waals surface area contributed by atoms with Crippen LogP contribution in [0.25, 0.3) is 10.6 Å². The van der Waals surface area contributed by atoms with Crippen molar-refractivity contribution >= 4 is 17.2 Å². The average Bonchev–Trinajstić information content (AvgIpc) is 3.26. The number of nitrogens with zero attached hydrogens (tertiary/aromatic N) is 3. The molecule has 1 aromatic heterocycles. The Morgan fingerprint density at radius 1 is 1.10 bits per heavy atom. The number of nitrogens with one attached hydrogen (secondary N) is 1. The highest BCUT2D eigenvalue weighted by molar-refractivity contribution is 7.16. The quantitative estimate of drug-likeness (QED) is 0.656. The van der Waals surface area contributed by atoms with Gasteiger partial charge in [-0.05, 0) is 24.7 Å². The second-order valence-corrected chi connectivity index (χ2v) is 8.58. The number of carbonyl (C=O) groups excluding carboxylic acids is 1. The van der Waals surface area contributed by atoms with E-state index in [1.54, 1.807) is 18.2 Å². The number of carbonyl (C=O) groups is 1. The van der Waals surface area contributed by atoms with Crippen LogP contribution < -0.4 is 5.32 Å². The highest BCUT2D eigenvalue weighted by Crippen LogP contribution is 2.27. The second kappa shape index (κ2) is 9.47. The van der Waals surface area contributed by atoms with Gasteiger partial charge in [0.2, 0.25) is 0 Å². The van der Waals surface area contributed by atoms with Crippen LogP contribution in [-0.2, 0) is 0 Å². The van der Waals surface area contributed by atoms with Gasteiger partial charge >= 0.3 is 0 Å². The van der Waals surface area contributed by atoms with Crippen LogP contribution in [0.2, 0.25) is 0 Å². The monoisotopic (exact) mass is 424 g/mol. The number of hydrogen-bond donors (Lipinski definition) is 1. The standard InChI is InChI=1S/C23H25FN4OS/c1-27-11-13-28(14-12-27)16-20(17-7-3-2-4-8-17)26-22(29)21-15-25-23(30-21)18-9-5-6-10-19(18)24/h2-10,15,20H,11-14,16H2,1H3,(H,26,29). The van der Waals surface area contributed by atoms with Gasteiger partial charge in [0, 0.05) is 38.3 Å². The molecule has 5 nitrogen and oxygen atoms in total. The molecular weight excluding hydrogens is 399 g/mol. The first-order valence-electron chi connectivity index (χ1n) is 10.1. The number of thiazole rings is 1. The van der Waals surface area contributed by atoms with Crippen LogP contribution in [0.1, 0.15) is 21.3 Å². The van der Waals surface area contributed by atoms with E-state index in [-0.39, 0.29) is 17.8 Å². The molecule has 0 bridgehead atoms. The van der Waals surface area contributed by atoms with Crippen molar-refractivity contribution in [3.63, 3.8) is 0 Å². The SMILES string of the molecule is CN1CCN(CC(NC(=O)c2cnc(-c3ccccc3F)s2)c2ccccc2)CC1. The lowest BCUT2D eigenvalue weighted by Gasteiger charge is -2.35. The van der Waals surface area contributed by atoms with E-state index in [9.17, 15) is 9.18 Å². The van der Waals surface area contributed by atoms with Crippen LogP contribution >= 0.6 is 11.3 Å². The normalized spacial score (nSPS) is 16.3. The summed E-state index contributed by atoms with van der Waals surface area (Å²) in [6.07, 6.45) is 1.53. The molecule has 30 heavy (non-hydrogen) atoms. The number of likely N-dealkylation sites (N-methyl/N-ethyl adjacent to an activating group) is 1. The summed E-state index contributed by atoms with van der Waals surface area (Å²) in [5.74, 6) is -0.519. The number of benzene rings is 2. The van der Waals surface area contributed by atoms with Gasteiger partial charge in [-0.1, -0.05) is 42.5 Å². The molecular formula is C23H25FN4OS. The molecule has 1 amide bonds. The Balaban J connectivity index is 1.50.